The van der Waals surface area contributed by atoms with Crippen molar-refractivity contribution < 1.29 is 13.2 Å². The Hall–Kier alpha value is -1.62. The van der Waals surface area contributed by atoms with Gasteiger partial charge in [-0.2, -0.15) is 0 Å². The first-order valence-electron chi connectivity index (χ1n) is 6.00. The molecular formula is C14H12ClF3N2. The van der Waals surface area contributed by atoms with Crippen molar-refractivity contribution in [3.05, 3.63) is 46.1 Å². The average Bonchev–Trinajstić information content (AvgIpc) is 2.38. The van der Waals surface area contributed by atoms with Crippen LogP contribution in [0, 0.1) is 24.4 Å². The van der Waals surface area contributed by atoms with Crippen molar-refractivity contribution in [2.75, 3.05) is 0 Å². The number of rotatable bonds is 2. The van der Waals surface area contributed by atoms with Crippen LogP contribution in [-0.2, 0) is 0 Å². The van der Waals surface area contributed by atoms with Crippen LogP contribution in [-0.4, -0.2) is 9.97 Å². The zero-order valence-corrected chi connectivity index (χ0v) is 11.9. The van der Waals surface area contributed by atoms with E-state index >= 15 is 0 Å². The molecule has 2 nitrogen and oxygen atoms in total. The van der Waals surface area contributed by atoms with Crippen molar-refractivity contribution in [3.63, 3.8) is 0 Å². The molecule has 6 heteroatoms. The Bertz CT molecular complexity index is 649. The first-order chi connectivity index (χ1) is 9.31. The monoisotopic (exact) mass is 300 g/mol. The predicted molar refractivity (Wildman–Crippen MR) is 71.2 cm³/mol. The van der Waals surface area contributed by atoms with E-state index in [4.69, 9.17) is 11.6 Å². The van der Waals surface area contributed by atoms with Crippen LogP contribution in [0.5, 0.6) is 0 Å². The molecule has 0 unspecified atom stereocenters. The summed E-state index contributed by atoms with van der Waals surface area (Å²) >= 11 is 6.01. The number of hydrogen-bond donors (Lipinski definition) is 0. The largest absolute Gasteiger partial charge is 0.232 e. The van der Waals surface area contributed by atoms with Crippen LogP contribution < -0.4 is 0 Å². The van der Waals surface area contributed by atoms with Crippen molar-refractivity contribution in [2.24, 2.45) is 0 Å². The van der Waals surface area contributed by atoms with Crippen LogP contribution in [0.1, 0.15) is 31.2 Å². The lowest BCUT2D eigenvalue weighted by atomic mass is 10.1. The number of benzene rings is 1. The fraction of sp³-hybridized carbons (Fsp3) is 0.286. The molecule has 0 spiro atoms. The van der Waals surface area contributed by atoms with Crippen molar-refractivity contribution in [1.29, 1.82) is 0 Å². The smallest absolute Gasteiger partial charge is 0.194 e. The first kappa shape index (κ1) is 14.8. The zero-order valence-electron chi connectivity index (χ0n) is 11.1. The van der Waals surface area contributed by atoms with Gasteiger partial charge in [-0.3, -0.25) is 0 Å². The second kappa shape index (κ2) is 5.40. The Kier molecular flexibility index (Phi) is 3.99. The number of nitrogens with zero attached hydrogens (tertiary/aromatic N) is 2. The molecule has 1 aromatic carbocycles. The fourth-order valence-corrected chi connectivity index (χ4v) is 1.91. The van der Waals surface area contributed by atoms with Gasteiger partial charge in [0, 0.05) is 17.0 Å². The fourth-order valence-electron chi connectivity index (χ4n) is 1.74. The molecule has 20 heavy (non-hydrogen) atoms. The van der Waals surface area contributed by atoms with Gasteiger partial charge < -0.3 is 0 Å². The van der Waals surface area contributed by atoms with E-state index in [9.17, 15) is 13.2 Å². The molecular weight excluding hydrogens is 289 g/mol. The minimum atomic E-state index is -1.50. The van der Waals surface area contributed by atoms with Gasteiger partial charge in [0.2, 0.25) is 0 Å². The third-order valence-corrected chi connectivity index (χ3v) is 3.25. The number of hydrogen-bond acceptors (Lipinski definition) is 2. The van der Waals surface area contributed by atoms with Gasteiger partial charge >= 0.3 is 0 Å². The Labute approximate surface area is 119 Å². The molecule has 0 aliphatic heterocycles. The van der Waals surface area contributed by atoms with E-state index in [1.165, 1.54) is 0 Å². The van der Waals surface area contributed by atoms with Gasteiger partial charge in [-0.1, -0.05) is 25.4 Å². The minimum Gasteiger partial charge on any atom is -0.232 e. The highest BCUT2D eigenvalue weighted by molar-refractivity contribution is 6.30. The lowest BCUT2D eigenvalue weighted by molar-refractivity contribution is 0.447. The third-order valence-electron chi connectivity index (χ3n) is 2.88. The molecule has 2 aromatic rings. The van der Waals surface area contributed by atoms with Gasteiger partial charge in [-0.25, -0.2) is 23.1 Å². The van der Waals surface area contributed by atoms with Crippen molar-refractivity contribution >= 4 is 11.6 Å². The van der Waals surface area contributed by atoms with Gasteiger partial charge in [-0.05, 0) is 19.1 Å². The van der Waals surface area contributed by atoms with Crippen molar-refractivity contribution in [1.82, 2.24) is 9.97 Å². The van der Waals surface area contributed by atoms with Crippen LogP contribution >= 0.6 is 11.6 Å². The summed E-state index contributed by atoms with van der Waals surface area (Å²) in [4.78, 5) is 8.38. The van der Waals surface area contributed by atoms with E-state index in [0.29, 0.717) is 17.1 Å². The maximum absolute atomic E-state index is 13.3. The Morgan fingerprint density at radius 2 is 1.60 bits per heavy atom. The highest BCUT2D eigenvalue weighted by Gasteiger charge is 2.17. The summed E-state index contributed by atoms with van der Waals surface area (Å²) in [6, 6.07) is 1.79. The molecule has 0 amide bonds. The molecule has 0 bridgehead atoms. The quantitative estimate of drug-likeness (QED) is 0.596. The Morgan fingerprint density at radius 3 is 2.10 bits per heavy atom. The summed E-state index contributed by atoms with van der Waals surface area (Å²) in [5.41, 5.74) is 0.915. The second-order valence-corrected chi connectivity index (χ2v) is 5.11. The molecule has 1 heterocycles. The van der Waals surface area contributed by atoms with E-state index in [-0.39, 0.29) is 16.6 Å². The van der Waals surface area contributed by atoms with Gasteiger partial charge in [0.25, 0.3) is 0 Å². The molecule has 0 saturated carbocycles. The van der Waals surface area contributed by atoms with Crippen LogP contribution in [0.2, 0.25) is 5.15 Å². The van der Waals surface area contributed by atoms with Gasteiger partial charge in [0.1, 0.15) is 11.0 Å². The normalized spacial score (nSPS) is 11.2. The predicted octanol–water partition coefficient (Wildman–Crippen LogP) is 4.65. The van der Waals surface area contributed by atoms with Gasteiger partial charge in [-0.15, -0.1) is 0 Å². The summed E-state index contributed by atoms with van der Waals surface area (Å²) in [6.45, 7) is 5.38. The molecule has 0 aliphatic rings. The van der Waals surface area contributed by atoms with E-state index in [1.807, 2.05) is 13.8 Å². The molecule has 1 aromatic heterocycles. The van der Waals surface area contributed by atoms with Crippen LogP contribution in [0.15, 0.2) is 12.1 Å². The molecule has 0 atom stereocenters. The summed E-state index contributed by atoms with van der Waals surface area (Å²) in [5, 5.41) is 0.212. The van der Waals surface area contributed by atoms with Crippen molar-refractivity contribution in [3.8, 4) is 11.3 Å². The molecule has 106 valence electrons. The van der Waals surface area contributed by atoms with Gasteiger partial charge in [0.05, 0.1) is 5.69 Å². The van der Waals surface area contributed by atoms with E-state index in [2.05, 4.69) is 9.97 Å². The van der Waals surface area contributed by atoms with E-state index < -0.39 is 17.5 Å². The second-order valence-electron chi connectivity index (χ2n) is 4.75. The van der Waals surface area contributed by atoms with Crippen LogP contribution in [0.25, 0.3) is 11.3 Å². The topological polar surface area (TPSA) is 25.8 Å². The Morgan fingerprint density at radius 1 is 1.05 bits per heavy atom. The van der Waals surface area contributed by atoms with Crippen molar-refractivity contribution in [2.45, 2.75) is 26.7 Å². The van der Waals surface area contributed by atoms with Crippen LogP contribution in [0.4, 0.5) is 13.2 Å². The summed E-state index contributed by atoms with van der Waals surface area (Å²) in [7, 11) is 0. The zero-order chi connectivity index (χ0) is 15.0. The SMILES string of the molecule is Cc1c(Cl)nc(C(C)C)nc1-c1cc(F)c(F)c(F)c1. The molecule has 0 fully saturated rings. The van der Waals surface area contributed by atoms with Crippen LogP contribution in [0.3, 0.4) is 0 Å². The number of aromatic nitrogens is 2. The summed E-state index contributed by atoms with van der Waals surface area (Å²) < 4.78 is 39.7. The minimum absolute atomic E-state index is 0.00184. The highest BCUT2D eigenvalue weighted by Crippen LogP contribution is 2.29. The molecule has 0 aliphatic carbocycles. The number of halogens is 4. The van der Waals surface area contributed by atoms with Gasteiger partial charge in [0.15, 0.2) is 17.5 Å². The third kappa shape index (κ3) is 2.63. The molecule has 0 radical (unpaired) electrons. The summed E-state index contributed by atoms with van der Waals surface area (Å²) in [6.07, 6.45) is 0. The molecule has 0 saturated heterocycles. The van der Waals surface area contributed by atoms with E-state index in [0.717, 1.165) is 12.1 Å². The summed E-state index contributed by atoms with van der Waals surface area (Å²) in [5.74, 6) is -3.57. The lowest BCUT2D eigenvalue weighted by Gasteiger charge is -2.11. The first-order valence-corrected chi connectivity index (χ1v) is 6.38. The highest BCUT2D eigenvalue weighted by atomic mass is 35.5. The Balaban J connectivity index is 2.69. The molecule has 0 N–H and O–H groups in total. The average molecular weight is 301 g/mol. The maximum Gasteiger partial charge on any atom is 0.194 e. The van der Waals surface area contributed by atoms with E-state index in [1.54, 1.807) is 6.92 Å². The standard InChI is InChI=1S/C14H12ClF3N2/c1-6(2)14-19-12(7(3)13(15)20-14)8-4-9(16)11(18)10(17)5-8/h4-6H,1-3H3. The lowest BCUT2D eigenvalue weighted by Crippen LogP contribution is -2.03. The molecule has 2 rings (SSSR count). The maximum atomic E-state index is 13.3.